The summed E-state index contributed by atoms with van der Waals surface area (Å²) in [4.78, 5) is 26.5. The summed E-state index contributed by atoms with van der Waals surface area (Å²) in [6, 6.07) is 1.95. The van der Waals surface area contributed by atoms with Gasteiger partial charge in [0.1, 0.15) is 0 Å². The van der Waals surface area contributed by atoms with Crippen LogP contribution in [0.1, 0.15) is 66.3 Å². The monoisotopic (exact) mass is 570 g/mol. The lowest BCUT2D eigenvalue weighted by atomic mass is 9.73. The molecule has 0 saturated heterocycles. The number of rotatable bonds is 5. The number of amides is 2. The molecule has 3 atom stereocenters. The Morgan fingerprint density at radius 3 is 1.87 bits per heavy atom. The van der Waals surface area contributed by atoms with E-state index in [9.17, 15) is 49.1 Å². The molecule has 0 unspecified atom stereocenters. The first-order chi connectivity index (χ1) is 17.9. The molecule has 0 aromatic heterocycles. The minimum absolute atomic E-state index is 0.0838. The molecule has 0 saturated carbocycles. The number of anilines is 1. The van der Waals surface area contributed by atoms with Gasteiger partial charge in [-0.25, -0.2) is 4.79 Å². The molecule has 2 aromatic rings. The van der Waals surface area contributed by atoms with Gasteiger partial charge in [-0.1, -0.05) is 6.92 Å². The van der Waals surface area contributed by atoms with E-state index in [4.69, 9.17) is 10.5 Å². The summed E-state index contributed by atoms with van der Waals surface area (Å²) >= 11 is 0. The van der Waals surface area contributed by atoms with Crippen LogP contribution < -0.4 is 10.6 Å². The summed E-state index contributed by atoms with van der Waals surface area (Å²) < 4.78 is 127. The summed E-state index contributed by atoms with van der Waals surface area (Å²) in [7, 11) is 0. The second-order valence-electron chi connectivity index (χ2n) is 8.96. The second-order valence-corrected chi connectivity index (χ2v) is 8.96. The zero-order valence-electron chi connectivity index (χ0n) is 20.5. The van der Waals surface area contributed by atoms with E-state index in [2.05, 4.69) is 0 Å². The predicted molar refractivity (Wildman–Crippen MR) is 121 cm³/mol. The third-order valence-corrected chi connectivity index (χ3v) is 6.52. The van der Waals surface area contributed by atoms with Gasteiger partial charge >= 0.3 is 24.6 Å². The number of hydrogen-bond acceptors (Lipinski definition) is 3. The average molecular weight is 570 g/mol. The van der Waals surface area contributed by atoms with Gasteiger partial charge in [-0.2, -0.15) is 39.5 Å². The first-order valence-electron chi connectivity index (χ1n) is 11.7. The van der Waals surface area contributed by atoms with Crippen molar-refractivity contribution in [2.45, 2.75) is 63.1 Å². The fourth-order valence-electron chi connectivity index (χ4n) is 4.83. The SMILES string of the molecule is CCOC(=O)N1c2ccc(C(F)(F)F)cc2[C@@H]([C@H](C(N)=O)c2cc(C(F)(F)F)cc(C(F)(F)F)c2)C[C@H]1CC. The Bertz CT molecular complexity index is 1210. The van der Waals surface area contributed by atoms with E-state index in [0.717, 1.165) is 11.0 Å². The highest BCUT2D eigenvalue weighted by molar-refractivity contribution is 5.91. The molecular formula is C25H23F9N2O3. The highest BCUT2D eigenvalue weighted by atomic mass is 19.4. The van der Waals surface area contributed by atoms with Crippen LogP contribution in [-0.4, -0.2) is 24.6 Å². The Labute approximate surface area is 216 Å². The lowest BCUT2D eigenvalue weighted by Crippen LogP contribution is -2.46. The summed E-state index contributed by atoms with van der Waals surface area (Å²) in [5.74, 6) is -4.65. The quantitative estimate of drug-likeness (QED) is 0.385. The molecule has 5 nitrogen and oxygen atoms in total. The zero-order chi connectivity index (χ0) is 29.5. The van der Waals surface area contributed by atoms with Crippen molar-refractivity contribution in [3.05, 3.63) is 64.2 Å². The number of nitrogens with zero attached hydrogens (tertiary/aromatic N) is 1. The van der Waals surface area contributed by atoms with E-state index in [1.165, 1.54) is 6.92 Å². The lowest BCUT2D eigenvalue weighted by Gasteiger charge is -2.42. The predicted octanol–water partition coefficient (Wildman–Crippen LogP) is 7.24. The van der Waals surface area contributed by atoms with E-state index in [1.54, 1.807) is 6.92 Å². The smallest absolute Gasteiger partial charge is 0.416 e. The number of hydrogen-bond donors (Lipinski definition) is 1. The third-order valence-electron chi connectivity index (χ3n) is 6.52. The number of carbonyl (C=O) groups is 2. The maximum Gasteiger partial charge on any atom is 0.416 e. The van der Waals surface area contributed by atoms with Crippen LogP contribution in [0, 0.1) is 0 Å². The molecule has 0 fully saturated rings. The van der Waals surface area contributed by atoms with Crippen molar-refractivity contribution in [3.8, 4) is 0 Å². The van der Waals surface area contributed by atoms with Crippen molar-refractivity contribution in [1.82, 2.24) is 0 Å². The van der Waals surface area contributed by atoms with Gasteiger partial charge in [-0.15, -0.1) is 0 Å². The molecule has 3 rings (SSSR count). The second kappa shape index (κ2) is 10.6. The number of fused-ring (bicyclic) bond motifs is 1. The molecule has 1 aliphatic rings. The maximum absolute atomic E-state index is 13.6. The first kappa shape index (κ1) is 30.1. The zero-order valence-corrected chi connectivity index (χ0v) is 20.5. The molecule has 2 N–H and O–H groups in total. The van der Waals surface area contributed by atoms with Crippen molar-refractivity contribution < 1.29 is 53.8 Å². The van der Waals surface area contributed by atoms with E-state index >= 15 is 0 Å². The molecule has 14 heteroatoms. The third kappa shape index (κ3) is 6.25. The van der Waals surface area contributed by atoms with Gasteiger partial charge in [0.2, 0.25) is 5.91 Å². The van der Waals surface area contributed by atoms with Gasteiger partial charge in [-0.3, -0.25) is 9.69 Å². The van der Waals surface area contributed by atoms with E-state index in [0.29, 0.717) is 24.3 Å². The number of benzene rings is 2. The summed E-state index contributed by atoms with van der Waals surface area (Å²) in [6.45, 7) is 3.02. The van der Waals surface area contributed by atoms with E-state index in [-0.39, 0.29) is 36.8 Å². The van der Waals surface area contributed by atoms with Crippen LogP contribution in [0.2, 0.25) is 0 Å². The van der Waals surface area contributed by atoms with Crippen LogP contribution in [0.3, 0.4) is 0 Å². The lowest BCUT2D eigenvalue weighted by molar-refractivity contribution is -0.143. The molecule has 1 aliphatic heterocycles. The Balaban J connectivity index is 2.33. The average Bonchev–Trinajstić information content (AvgIpc) is 2.81. The molecule has 2 aromatic carbocycles. The minimum Gasteiger partial charge on any atom is -0.449 e. The van der Waals surface area contributed by atoms with Gasteiger partial charge in [0.15, 0.2) is 0 Å². The van der Waals surface area contributed by atoms with Gasteiger partial charge < -0.3 is 10.5 Å². The summed E-state index contributed by atoms with van der Waals surface area (Å²) in [5, 5.41) is 0. The Kier molecular flexibility index (Phi) is 8.19. The number of ether oxygens (including phenoxy) is 1. The van der Waals surface area contributed by atoms with Crippen LogP contribution in [0.4, 0.5) is 50.0 Å². The van der Waals surface area contributed by atoms with Crippen LogP contribution in [0.15, 0.2) is 36.4 Å². The number of primary amides is 1. The number of halogens is 9. The maximum atomic E-state index is 13.6. The number of nitrogens with two attached hydrogens (primary N) is 1. The molecule has 1 heterocycles. The fourth-order valence-corrected chi connectivity index (χ4v) is 4.83. The van der Waals surface area contributed by atoms with Gasteiger partial charge in [-0.05, 0) is 67.3 Å². The molecule has 0 bridgehead atoms. The first-order valence-corrected chi connectivity index (χ1v) is 11.7. The van der Waals surface area contributed by atoms with Gasteiger partial charge in [0.05, 0.1) is 34.9 Å². The molecular weight excluding hydrogens is 547 g/mol. The van der Waals surface area contributed by atoms with Crippen molar-refractivity contribution >= 4 is 17.7 Å². The molecule has 0 radical (unpaired) electrons. The van der Waals surface area contributed by atoms with Gasteiger partial charge in [0, 0.05) is 12.0 Å². The molecule has 0 spiro atoms. The summed E-state index contributed by atoms with van der Waals surface area (Å²) in [6.07, 6.45) is -16.4. The van der Waals surface area contributed by atoms with Crippen LogP contribution >= 0.6 is 0 Å². The standard InChI is InChI=1S/C25H23F9N2O3/c1-3-16-11-18(17-10-13(23(26,27)28)5-6-19(17)36(16)22(38)39-4-2)20(21(35)37)12-7-14(24(29,30)31)9-15(8-12)25(32,33)34/h5-10,16,18,20H,3-4,11H2,1-2H3,(H2,35,37)/t16-,18+,20-/m1/s1. The topological polar surface area (TPSA) is 72.6 Å². The Morgan fingerprint density at radius 2 is 1.44 bits per heavy atom. The highest BCUT2D eigenvalue weighted by Gasteiger charge is 2.45. The van der Waals surface area contributed by atoms with Crippen molar-refractivity contribution in [3.63, 3.8) is 0 Å². The number of alkyl halides is 9. The summed E-state index contributed by atoms with van der Waals surface area (Å²) in [5.41, 5.74) is -0.307. The Morgan fingerprint density at radius 1 is 0.897 bits per heavy atom. The van der Waals surface area contributed by atoms with E-state index in [1.807, 2.05) is 0 Å². The van der Waals surface area contributed by atoms with Crippen molar-refractivity contribution in [2.24, 2.45) is 5.73 Å². The minimum atomic E-state index is -5.24. The van der Waals surface area contributed by atoms with Crippen LogP contribution in [-0.2, 0) is 28.1 Å². The molecule has 0 aliphatic carbocycles. The van der Waals surface area contributed by atoms with Gasteiger partial charge in [0.25, 0.3) is 0 Å². The van der Waals surface area contributed by atoms with Crippen LogP contribution in [0.5, 0.6) is 0 Å². The Hall–Kier alpha value is -3.45. The van der Waals surface area contributed by atoms with Crippen molar-refractivity contribution in [1.29, 1.82) is 0 Å². The highest BCUT2D eigenvalue weighted by Crippen LogP contribution is 2.49. The van der Waals surface area contributed by atoms with Crippen molar-refractivity contribution in [2.75, 3.05) is 11.5 Å². The molecule has 2 amide bonds. The van der Waals surface area contributed by atoms with Crippen LogP contribution in [0.25, 0.3) is 0 Å². The van der Waals surface area contributed by atoms with E-state index < -0.39 is 70.7 Å². The fraction of sp³-hybridized carbons (Fsp3) is 0.440. The number of carbonyl (C=O) groups excluding carboxylic acids is 2. The molecule has 39 heavy (non-hydrogen) atoms. The largest absolute Gasteiger partial charge is 0.449 e. The molecule has 214 valence electrons. The normalized spacial score (nSPS) is 18.9.